The summed E-state index contributed by atoms with van der Waals surface area (Å²) in [5, 5.41) is 12.5. The molecule has 1 saturated heterocycles. The fourth-order valence-electron chi connectivity index (χ4n) is 3.65. The van der Waals surface area contributed by atoms with Crippen LogP contribution in [0.25, 0.3) is 0 Å². The predicted octanol–water partition coefficient (Wildman–Crippen LogP) is 0.749. The predicted molar refractivity (Wildman–Crippen MR) is 69.1 cm³/mol. The summed E-state index contributed by atoms with van der Waals surface area (Å²) in [5.74, 6) is 0.586. The highest BCUT2D eigenvalue weighted by Gasteiger charge is 2.59. The van der Waals surface area contributed by atoms with Gasteiger partial charge in [-0.2, -0.15) is 0 Å². The van der Waals surface area contributed by atoms with E-state index < -0.39 is 0 Å². The zero-order valence-corrected chi connectivity index (χ0v) is 11.0. The number of amides is 1. The maximum absolute atomic E-state index is 12.6. The molecule has 0 bridgehead atoms. The highest BCUT2D eigenvalue weighted by Crippen LogP contribution is 2.59. The molecule has 0 radical (unpaired) electrons. The van der Waals surface area contributed by atoms with Crippen LogP contribution >= 0.6 is 0 Å². The number of carbonyl (C=O) groups excluding carboxylic acids is 1. The lowest BCUT2D eigenvalue weighted by Gasteiger charge is -2.38. The summed E-state index contributed by atoms with van der Waals surface area (Å²) in [7, 11) is 0. The Bertz CT molecular complexity index is 322. The van der Waals surface area contributed by atoms with E-state index in [0.717, 1.165) is 45.2 Å². The molecule has 2 aliphatic carbocycles. The van der Waals surface area contributed by atoms with E-state index in [0.29, 0.717) is 23.9 Å². The zero-order chi connectivity index (χ0) is 12.6. The standard InChI is InChI=1S/C14H24N2O2/c17-9-8-16(11-2-1-3-11)13(18)12-10-14(12)4-6-15-7-5-14/h11-12,15,17H,1-10H2. The molecule has 3 fully saturated rings. The van der Waals surface area contributed by atoms with Crippen molar-refractivity contribution < 1.29 is 9.90 Å². The molecular formula is C14H24N2O2. The van der Waals surface area contributed by atoms with Gasteiger partial charge in [-0.3, -0.25) is 4.79 Å². The Balaban J connectivity index is 1.62. The molecule has 102 valence electrons. The number of hydrogen-bond acceptors (Lipinski definition) is 3. The summed E-state index contributed by atoms with van der Waals surface area (Å²) in [4.78, 5) is 14.6. The fourth-order valence-corrected chi connectivity index (χ4v) is 3.65. The van der Waals surface area contributed by atoms with Crippen molar-refractivity contribution in [3.05, 3.63) is 0 Å². The van der Waals surface area contributed by atoms with E-state index in [-0.39, 0.29) is 12.5 Å². The summed E-state index contributed by atoms with van der Waals surface area (Å²) < 4.78 is 0. The molecule has 4 heteroatoms. The Morgan fingerprint density at radius 1 is 1.33 bits per heavy atom. The Morgan fingerprint density at radius 3 is 2.61 bits per heavy atom. The molecule has 0 aromatic carbocycles. The van der Waals surface area contributed by atoms with E-state index in [1.165, 1.54) is 6.42 Å². The first-order valence-corrected chi connectivity index (χ1v) is 7.39. The van der Waals surface area contributed by atoms with Crippen LogP contribution in [0.5, 0.6) is 0 Å². The van der Waals surface area contributed by atoms with Crippen LogP contribution in [0.15, 0.2) is 0 Å². The van der Waals surface area contributed by atoms with Crippen molar-refractivity contribution in [3.8, 4) is 0 Å². The maximum Gasteiger partial charge on any atom is 0.226 e. The first-order chi connectivity index (χ1) is 8.77. The summed E-state index contributed by atoms with van der Waals surface area (Å²) in [5.41, 5.74) is 0.319. The largest absolute Gasteiger partial charge is 0.395 e. The number of aliphatic hydroxyl groups excluding tert-OH is 1. The monoisotopic (exact) mass is 252 g/mol. The molecule has 3 rings (SSSR count). The smallest absolute Gasteiger partial charge is 0.226 e. The number of rotatable bonds is 4. The highest BCUT2D eigenvalue weighted by molar-refractivity contribution is 5.83. The van der Waals surface area contributed by atoms with Crippen LogP contribution in [0.4, 0.5) is 0 Å². The fraction of sp³-hybridized carbons (Fsp3) is 0.929. The second-order valence-electron chi connectivity index (χ2n) is 6.21. The van der Waals surface area contributed by atoms with E-state index in [4.69, 9.17) is 5.11 Å². The van der Waals surface area contributed by atoms with Gasteiger partial charge in [-0.1, -0.05) is 0 Å². The summed E-state index contributed by atoms with van der Waals surface area (Å²) in [6, 6.07) is 0.420. The normalized spacial score (nSPS) is 29.9. The average molecular weight is 252 g/mol. The number of nitrogens with zero attached hydrogens (tertiary/aromatic N) is 1. The molecule has 0 aromatic heterocycles. The van der Waals surface area contributed by atoms with Crippen molar-refractivity contribution in [2.24, 2.45) is 11.3 Å². The van der Waals surface area contributed by atoms with Gasteiger partial charge in [-0.15, -0.1) is 0 Å². The molecule has 1 amide bonds. The SMILES string of the molecule is O=C(C1CC12CCNCC2)N(CCO)C1CCC1. The van der Waals surface area contributed by atoms with Gasteiger partial charge in [-0.05, 0) is 57.0 Å². The zero-order valence-electron chi connectivity index (χ0n) is 11.0. The van der Waals surface area contributed by atoms with E-state index in [2.05, 4.69) is 5.32 Å². The molecule has 4 nitrogen and oxygen atoms in total. The van der Waals surface area contributed by atoms with Crippen LogP contribution in [-0.2, 0) is 4.79 Å². The number of hydrogen-bond donors (Lipinski definition) is 2. The van der Waals surface area contributed by atoms with Gasteiger partial charge in [0.25, 0.3) is 0 Å². The summed E-state index contributed by atoms with van der Waals surface area (Å²) in [6.07, 6.45) is 6.89. The lowest BCUT2D eigenvalue weighted by Crippen LogP contribution is -2.47. The van der Waals surface area contributed by atoms with Crippen molar-refractivity contribution in [3.63, 3.8) is 0 Å². The molecule has 1 heterocycles. The van der Waals surface area contributed by atoms with Gasteiger partial charge < -0.3 is 15.3 Å². The van der Waals surface area contributed by atoms with Crippen LogP contribution in [0.1, 0.15) is 38.5 Å². The topological polar surface area (TPSA) is 52.6 Å². The highest BCUT2D eigenvalue weighted by atomic mass is 16.3. The third kappa shape index (κ3) is 2.05. The molecule has 3 aliphatic rings. The van der Waals surface area contributed by atoms with E-state index in [1.54, 1.807) is 0 Å². The van der Waals surface area contributed by atoms with E-state index >= 15 is 0 Å². The molecular weight excluding hydrogens is 228 g/mol. The van der Waals surface area contributed by atoms with Crippen LogP contribution in [0.3, 0.4) is 0 Å². The molecule has 2 N–H and O–H groups in total. The molecule has 0 aromatic rings. The van der Waals surface area contributed by atoms with Crippen LogP contribution in [-0.4, -0.2) is 48.2 Å². The Morgan fingerprint density at radius 2 is 2.06 bits per heavy atom. The van der Waals surface area contributed by atoms with E-state index in [9.17, 15) is 4.79 Å². The Hall–Kier alpha value is -0.610. The van der Waals surface area contributed by atoms with Crippen molar-refractivity contribution in [1.29, 1.82) is 0 Å². The number of aliphatic hydroxyl groups is 1. The summed E-state index contributed by atoms with van der Waals surface area (Å²) >= 11 is 0. The van der Waals surface area contributed by atoms with E-state index in [1.807, 2.05) is 4.90 Å². The minimum Gasteiger partial charge on any atom is -0.395 e. The van der Waals surface area contributed by atoms with Crippen LogP contribution in [0, 0.1) is 11.3 Å². The molecule has 18 heavy (non-hydrogen) atoms. The van der Waals surface area contributed by atoms with Gasteiger partial charge in [-0.25, -0.2) is 0 Å². The van der Waals surface area contributed by atoms with Crippen LogP contribution in [0.2, 0.25) is 0 Å². The van der Waals surface area contributed by atoms with Gasteiger partial charge in [0.05, 0.1) is 6.61 Å². The van der Waals surface area contributed by atoms with Gasteiger partial charge >= 0.3 is 0 Å². The Kier molecular flexibility index (Phi) is 3.32. The molecule has 2 saturated carbocycles. The first kappa shape index (κ1) is 12.4. The van der Waals surface area contributed by atoms with Crippen molar-refractivity contribution >= 4 is 5.91 Å². The third-order valence-corrected chi connectivity index (χ3v) is 5.23. The average Bonchev–Trinajstić information content (AvgIpc) is 3.00. The number of piperidine rings is 1. The van der Waals surface area contributed by atoms with Gasteiger partial charge in [0.2, 0.25) is 5.91 Å². The molecule has 1 atom stereocenters. The number of nitrogens with one attached hydrogen (secondary N) is 1. The lowest BCUT2D eigenvalue weighted by molar-refractivity contribution is -0.138. The molecule has 1 spiro atoms. The van der Waals surface area contributed by atoms with Gasteiger partial charge in [0.15, 0.2) is 0 Å². The lowest BCUT2D eigenvalue weighted by atomic mass is 9.89. The van der Waals surface area contributed by atoms with Gasteiger partial charge in [0.1, 0.15) is 0 Å². The maximum atomic E-state index is 12.6. The summed E-state index contributed by atoms with van der Waals surface area (Å²) in [6.45, 7) is 2.76. The quantitative estimate of drug-likeness (QED) is 0.776. The van der Waals surface area contributed by atoms with Crippen molar-refractivity contribution in [2.75, 3.05) is 26.2 Å². The molecule has 1 aliphatic heterocycles. The molecule has 1 unspecified atom stereocenters. The Labute approximate surface area is 109 Å². The first-order valence-electron chi connectivity index (χ1n) is 7.39. The third-order valence-electron chi connectivity index (χ3n) is 5.23. The second kappa shape index (κ2) is 4.82. The minimum atomic E-state index is 0.101. The van der Waals surface area contributed by atoms with Crippen LogP contribution < -0.4 is 5.32 Å². The number of carbonyl (C=O) groups is 1. The van der Waals surface area contributed by atoms with Crippen molar-refractivity contribution in [2.45, 2.75) is 44.6 Å². The second-order valence-corrected chi connectivity index (χ2v) is 6.21. The minimum absolute atomic E-state index is 0.101. The van der Waals surface area contributed by atoms with Gasteiger partial charge in [0, 0.05) is 18.5 Å². The van der Waals surface area contributed by atoms with Crippen molar-refractivity contribution in [1.82, 2.24) is 10.2 Å².